The molecule has 24 heavy (non-hydrogen) atoms. The summed E-state index contributed by atoms with van der Waals surface area (Å²) in [5.41, 5.74) is 1.31. The maximum atomic E-state index is 12.5. The standard InChI is InChI=1S/C17H11Cl3N2O2/c1-9-15(22-17(24-9)10-5-3-2-4-6-10)16(23)21-14-8-12(19)11(18)7-13(14)20/h2-8H,1H3,(H,21,23). The van der Waals surface area contributed by atoms with E-state index in [4.69, 9.17) is 39.2 Å². The zero-order valence-corrected chi connectivity index (χ0v) is 14.7. The highest BCUT2D eigenvalue weighted by Gasteiger charge is 2.19. The van der Waals surface area contributed by atoms with Crippen LogP contribution in [0.3, 0.4) is 0 Å². The Morgan fingerprint density at radius 3 is 2.42 bits per heavy atom. The molecule has 1 aromatic heterocycles. The Balaban J connectivity index is 1.89. The van der Waals surface area contributed by atoms with Gasteiger partial charge >= 0.3 is 0 Å². The van der Waals surface area contributed by atoms with Gasteiger partial charge in [-0.25, -0.2) is 4.98 Å². The van der Waals surface area contributed by atoms with Gasteiger partial charge in [-0.2, -0.15) is 0 Å². The van der Waals surface area contributed by atoms with Crippen molar-refractivity contribution < 1.29 is 9.21 Å². The molecule has 122 valence electrons. The van der Waals surface area contributed by atoms with Crippen molar-refractivity contribution in [3.8, 4) is 11.5 Å². The van der Waals surface area contributed by atoms with Crippen molar-refractivity contribution in [2.45, 2.75) is 6.92 Å². The Morgan fingerprint density at radius 1 is 1.04 bits per heavy atom. The van der Waals surface area contributed by atoms with Crippen LogP contribution in [0.2, 0.25) is 15.1 Å². The molecule has 4 nitrogen and oxygen atoms in total. The van der Waals surface area contributed by atoms with Crippen molar-refractivity contribution in [2.24, 2.45) is 0 Å². The molecule has 1 N–H and O–H groups in total. The molecule has 3 rings (SSSR count). The van der Waals surface area contributed by atoms with E-state index in [-0.39, 0.29) is 10.7 Å². The molecule has 0 aliphatic carbocycles. The lowest BCUT2D eigenvalue weighted by Gasteiger charge is -2.07. The molecule has 1 amide bonds. The number of nitrogens with zero attached hydrogens (tertiary/aromatic N) is 1. The number of rotatable bonds is 3. The maximum Gasteiger partial charge on any atom is 0.277 e. The topological polar surface area (TPSA) is 55.1 Å². The molecule has 0 saturated heterocycles. The van der Waals surface area contributed by atoms with E-state index in [1.807, 2.05) is 30.3 Å². The number of hydrogen-bond acceptors (Lipinski definition) is 3. The molecule has 0 spiro atoms. The zero-order chi connectivity index (χ0) is 17.3. The molecule has 0 unspecified atom stereocenters. The second kappa shape index (κ2) is 6.85. The van der Waals surface area contributed by atoms with E-state index in [2.05, 4.69) is 10.3 Å². The van der Waals surface area contributed by atoms with Crippen molar-refractivity contribution >= 4 is 46.4 Å². The van der Waals surface area contributed by atoms with E-state index in [1.54, 1.807) is 6.92 Å². The van der Waals surface area contributed by atoms with Crippen LogP contribution in [-0.2, 0) is 0 Å². The monoisotopic (exact) mass is 380 g/mol. The number of amides is 1. The van der Waals surface area contributed by atoms with E-state index >= 15 is 0 Å². The number of aryl methyl sites for hydroxylation is 1. The van der Waals surface area contributed by atoms with Crippen LogP contribution in [0.4, 0.5) is 5.69 Å². The lowest BCUT2D eigenvalue weighted by Crippen LogP contribution is -2.14. The largest absolute Gasteiger partial charge is 0.441 e. The number of nitrogens with one attached hydrogen (secondary N) is 1. The molecule has 2 aromatic carbocycles. The van der Waals surface area contributed by atoms with Crippen LogP contribution in [-0.4, -0.2) is 10.9 Å². The highest BCUT2D eigenvalue weighted by Crippen LogP contribution is 2.32. The van der Waals surface area contributed by atoms with Gasteiger partial charge < -0.3 is 9.73 Å². The van der Waals surface area contributed by atoms with Gasteiger partial charge in [-0.05, 0) is 31.2 Å². The van der Waals surface area contributed by atoms with Crippen LogP contribution >= 0.6 is 34.8 Å². The van der Waals surface area contributed by atoms with Crippen molar-refractivity contribution in [1.82, 2.24) is 4.98 Å². The number of oxazole rings is 1. The van der Waals surface area contributed by atoms with Crippen molar-refractivity contribution in [3.05, 3.63) is 69.0 Å². The van der Waals surface area contributed by atoms with Crippen LogP contribution in [0.1, 0.15) is 16.2 Å². The number of halogens is 3. The van der Waals surface area contributed by atoms with E-state index in [9.17, 15) is 4.79 Å². The number of anilines is 1. The van der Waals surface area contributed by atoms with E-state index < -0.39 is 5.91 Å². The molecule has 0 aliphatic rings. The van der Waals surface area contributed by atoms with Crippen LogP contribution in [0.5, 0.6) is 0 Å². The fourth-order valence-electron chi connectivity index (χ4n) is 2.11. The summed E-state index contributed by atoms with van der Waals surface area (Å²) < 4.78 is 5.58. The average molecular weight is 382 g/mol. The lowest BCUT2D eigenvalue weighted by atomic mass is 10.2. The minimum atomic E-state index is -0.446. The van der Waals surface area contributed by atoms with Gasteiger partial charge in [-0.3, -0.25) is 4.79 Å². The molecule has 0 bridgehead atoms. The highest BCUT2D eigenvalue weighted by molar-refractivity contribution is 6.44. The van der Waals surface area contributed by atoms with Crippen LogP contribution in [0, 0.1) is 6.92 Å². The molecular weight excluding hydrogens is 371 g/mol. The third kappa shape index (κ3) is 3.41. The maximum absolute atomic E-state index is 12.5. The Kier molecular flexibility index (Phi) is 4.81. The van der Waals surface area contributed by atoms with E-state index in [0.717, 1.165) is 5.56 Å². The first kappa shape index (κ1) is 16.8. The molecule has 3 aromatic rings. The van der Waals surface area contributed by atoms with Gasteiger partial charge in [0.05, 0.1) is 20.8 Å². The van der Waals surface area contributed by atoms with Crippen molar-refractivity contribution in [3.63, 3.8) is 0 Å². The van der Waals surface area contributed by atoms with Crippen LogP contribution < -0.4 is 5.32 Å². The summed E-state index contributed by atoms with van der Waals surface area (Å²) in [6.45, 7) is 1.67. The first-order valence-corrected chi connectivity index (χ1v) is 8.08. The third-order valence-electron chi connectivity index (χ3n) is 3.29. The molecule has 1 heterocycles. The van der Waals surface area contributed by atoms with Crippen molar-refractivity contribution in [1.29, 1.82) is 0 Å². The summed E-state index contributed by atoms with van der Waals surface area (Å²) in [6, 6.07) is 12.3. The minimum absolute atomic E-state index is 0.177. The fraction of sp³-hybridized carbons (Fsp3) is 0.0588. The van der Waals surface area contributed by atoms with Gasteiger partial charge in [-0.15, -0.1) is 0 Å². The van der Waals surface area contributed by atoms with Crippen molar-refractivity contribution in [2.75, 3.05) is 5.32 Å². The SMILES string of the molecule is Cc1oc(-c2ccccc2)nc1C(=O)Nc1cc(Cl)c(Cl)cc1Cl. The second-order valence-electron chi connectivity index (χ2n) is 4.99. The number of hydrogen-bond donors (Lipinski definition) is 1. The zero-order valence-electron chi connectivity index (χ0n) is 12.4. The van der Waals surface area contributed by atoms with Gasteiger partial charge in [0.2, 0.25) is 5.89 Å². The molecule has 0 atom stereocenters. The molecule has 0 saturated carbocycles. The first-order valence-electron chi connectivity index (χ1n) is 6.94. The van der Waals surface area contributed by atoms with Gasteiger partial charge in [0.1, 0.15) is 5.76 Å². The van der Waals surface area contributed by atoms with Gasteiger partial charge in [0, 0.05) is 5.56 Å². The summed E-state index contributed by atoms with van der Waals surface area (Å²) in [5, 5.41) is 3.54. The lowest BCUT2D eigenvalue weighted by molar-refractivity contribution is 0.102. The summed E-state index contributed by atoms with van der Waals surface area (Å²) >= 11 is 17.9. The smallest absolute Gasteiger partial charge is 0.277 e. The van der Waals surface area contributed by atoms with E-state index in [1.165, 1.54) is 12.1 Å². The summed E-state index contributed by atoms with van der Waals surface area (Å²) in [7, 11) is 0. The van der Waals surface area contributed by atoms with Crippen LogP contribution in [0.25, 0.3) is 11.5 Å². The minimum Gasteiger partial charge on any atom is -0.441 e. The molecule has 0 aliphatic heterocycles. The summed E-state index contributed by atoms with van der Waals surface area (Å²) in [4.78, 5) is 16.7. The van der Waals surface area contributed by atoms with Gasteiger partial charge in [0.15, 0.2) is 5.69 Å². The quantitative estimate of drug-likeness (QED) is 0.578. The normalized spacial score (nSPS) is 10.7. The Bertz CT molecular complexity index is 908. The number of benzene rings is 2. The van der Waals surface area contributed by atoms with Gasteiger partial charge in [0.25, 0.3) is 5.91 Å². The average Bonchev–Trinajstić information content (AvgIpc) is 2.95. The fourth-order valence-corrected chi connectivity index (χ4v) is 2.71. The first-order chi connectivity index (χ1) is 11.5. The highest BCUT2D eigenvalue weighted by atomic mass is 35.5. The molecule has 7 heteroatoms. The van der Waals surface area contributed by atoms with E-state index in [0.29, 0.717) is 27.4 Å². The number of carbonyl (C=O) groups is 1. The second-order valence-corrected chi connectivity index (χ2v) is 6.21. The molecular formula is C17H11Cl3N2O2. The predicted molar refractivity (Wildman–Crippen MR) is 96.1 cm³/mol. The number of carbonyl (C=O) groups excluding carboxylic acids is 1. The Hall–Kier alpha value is -2.01. The molecule has 0 radical (unpaired) electrons. The van der Waals surface area contributed by atoms with Gasteiger partial charge in [-0.1, -0.05) is 53.0 Å². The number of aromatic nitrogens is 1. The Morgan fingerprint density at radius 2 is 1.71 bits per heavy atom. The summed E-state index contributed by atoms with van der Waals surface area (Å²) in [6.07, 6.45) is 0. The van der Waals surface area contributed by atoms with Crippen LogP contribution in [0.15, 0.2) is 46.9 Å². The summed E-state index contributed by atoms with van der Waals surface area (Å²) in [5.74, 6) is 0.333. The predicted octanol–water partition coefficient (Wildman–Crippen LogP) is 5.86. The molecule has 0 fully saturated rings. The Labute approximate surface area is 153 Å². The third-order valence-corrected chi connectivity index (χ3v) is 4.33.